The standard InChI is InChI=1S/C10H9F2NO3/c1-2-16-10(15)6-3-7(11)9(13-5-14)8(12)4-6/h3-5H,2H2,1H3,(H,13,14). The first kappa shape index (κ1) is 12.1. The number of hydrogen-bond donors (Lipinski definition) is 1. The van der Waals surface area contributed by atoms with Gasteiger partial charge in [-0.25, -0.2) is 13.6 Å². The molecule has 0 heterocycles. The minimum Gasteiger partial charge on any atom is -0.462 e. The zero-order valence-electron chi connectivity index (χ0n) is 8.42. The highest BCUT2D eigenvalue weighted by atomic mass is 19.1. The van der Waals surface area contributed by atoms with Crippen LogP contribution in [0.1, 0.15) is 17.3 Å². The second-order valence-corrected chi connectivity index (χ2v) is 2.80. The quantitative estimate of drug-likeness (QED) is 0.631. The average Bonchev–Trinajstić information content (AvgIpc) is 2.23. The van der Waals surface area contributed by atoms with Crippen LogP contribution in [0, 0.1) is 11.6 Å². The van der Waals surface area contributed by atoms with Crippen molar-refractivity contribution in [3.63, 3.8) is 0 Å². The second-order valence-electron chi connectivity index (χ2n) is 2.80. The van der Waals surface area contributed by atoms with Crippen LogP contribution in [0.25, 0.3) is 0 Å². The summed E-state index contributed by atoms with van der Waals surface area (Å²) in [5.74, 6) is -2.89. The Morgan fingerprint density at radius 3 is 2.44 bits per heavy atom. The van der Waals surface area contributed by atoms with Gasteiger partial charge in [-0.2, -0.15) is 0 Å². The maximum atomic E-state index is 13.2. The average molecular weight is 229 g/mol. The van der Waals surface area contributed by atoms with Crippen molar-refractivity contribution in [1.29, 1.82) is 0 Å². The number of anilines is 1. The van der Waals surface area contributed by atoms with Gasteiger partial charge in [-0.3, -0.25) is 4.79 Å². The highest BCUT2D eigenvalue weighted by Crippen LogP contribution is 2.20. The van der Waals surface area contributed by atoms with Gasteiger partial charge in [-0.05, 0) is 19.1 Å². The van der Waals surface area contributed by atoms with Gasteiger partial charge in [0.2, 0.25) is 6.41 Å². The fourth-order valence-corrected chi connectivity index (χ4v) is 1.10. The molecular formula is C10H9F2NO3. The van der Waals surface area contributed by atoms with Crippen molar-refractivity contribution in [3.05, 3.63) is 29.3 Å². The van der Waals surface area contributed by atoms with Gasteiger partial charge in [0.05, 0.1) is 12.2 Å². The Morgan fingerprint density at radius 2 is 2.00 bits per heavy atom. The number of halogens is 2. The predicted molar refractivity (Wildman–Crippen MR) is 52.0 cm³/mol. The summed E-state index contributed by atoms with van der Waals surface area (Å²) in [6.07, 6.45) is 0.144. The molecule has 0 spiro atoms. The van der Waals surface area contributed by atoms with Crippen molar-refractivity contribution in [1.82, 2.24) is 0 Å². The van der Waals surface area contributed by atoms with Crippen molar-refractivity contribution < 1.29 is 23.1 Å². The minimum atomic E-state index is -1.03. The smallest absolute Gasteiger partial charge is 0.338 e. The monoisotopic (exact) mass is 229 g/mol. The molecule has 0 saturated heterocycles. The predicted octanol–water partition coefficient (Wildman–Crippen LogP) is 1.71. The molecule has 0 radical (unpaired) electrons. The molecule has 0 bridgehead atoms. The molecule has 1 N–H and O–H groups in total. The van der Waals surface area contributed by atoms with E-state index in [2.05, 4.69) is 4.74 Å². The zero-order valence-corrected chi connectivity index (χ0v) is 8.42. The highest BCUT2D eigenvalue weighted by Gasteiger charge is 2.15. The third-order valence-electron chi connectivity index (χ3n) is 1.76. The van der Waals surface area contributed by atoms with E-state index in [-0.39, 0.29) is 18.6 Å². The lowest BCUT2D eigenvalue weighted by atomic mass is 10.2. The number of amides is 1. The summed E-state index contributed by atoms with van der Waals surface area (Å²) in [6, 6.07) is 1.60. The SMILES string of the molecule is CCOC(=O)c1cc(F)c(NC=O)c(F)c1. The number of ether oxygens (including phenoxy) is 1. The van der Waals surface area contributed by atoms with Crippen LogP contribution in [0.2, 0.25) is 0 Å². The summed E-state index contributed by atoms with van der Waals surface area (Å²) in [4.78, 5) is 21.2. The highest BCUT2D eigenvalue weighted by molar-refractivity contribution is 5.90. The van der Waals surface area contributed by atoms with E-state index in [0.717, 1.165) is 12.1 Å². The fraction of sp³-hybridized carbons (Fsp3) is 0.200. The Hall–Kier alpha value is -1.98. The molecule has 86 valence electrons. The van der Waals surface area contributed by atoms with Gasteiger partial charge < -0.3 is 10.1 Å². The summed E-state index contributed by atoms with van der Waals surface area (Å²) in [6.45, 7) is 1.68. The van der Waals surface area contributed by atoms with Crippen molar-refractivity contribution in [2.75, 3.05) is 11.9 Å². The Morgan fingerprint density at radius 1 is 1.44 bits per heavy atom. The van der Waals surface area contributed by atoms with E-state index in [1.165, 1.54) is 0 Å². The maximum absolute atomic E-state index is 13.2. The van der Waals surface area contributed by atoms with Crippen LogP contribution >= 0.6 is 0 Å². The lowest BCUT2D eigenvalue weighted by Gasteiger charge is -2.06. The van der Waals surface area contributed by atoms with Gasteiger partial charge in [0, 0.05) is 0 Å². The molecule has 0 aromatic heterocycles. The molecule has 0 aliphatic rings. The van der Waals surface area contributed by atoms with Crippen molar-refractivity contribution >= 4 is 18.1 Å². The molecular weight excluding hydrogens is 220 g/mol. The molecule has 6 heteroatoms. The van der Waals surface area contributed by atoms with E-state index in [1.54, 1.807) is 6.92 Å². The van der Waals surface area contributed by atoms with Gasteiger partial charge in [-0.15, -0.1) is 0 Å². The van der Waals surface area contributed by atoms with Gasteiger partial charge in [-0.1, -0.05) is 0 Å². The molecule has 1 amide bonds. The lowest BCUT2D eigenvalue weighted by Crippen LogP contribution is -2.08. The molecule has 0 aliphatic heterocycles. The topological polar surface area (TPSA) is 55.4 Å². The number of nitrogens with one attached hydrogen (secondary N) is 1. The fourth-order valence-electron chi connectivity index (χ4n) is 1.10. The first-order valence-corrected chi connectivity index (χ1v) is 4.46. The molecule has 0 fully saturated rings. The molecule has 0 unspecified atom stereocenters. The summed E-state index contributed by atoms with van der Waals surface area (Å²) in [5.41, 5.74) is -0.837. The summed E-state index contributed by atoms with van der Waals surface area (Å²) >= 11 is 0. The van der Waals surface area contributed by atoms with E-state index in [0.29, 0.717) is 0 Å². The maximum Gasteiger partial charge on any atom is 0.338 e. The Kier molecular flexibility index (Phi) is 3.93. The van der Waals surface area contributed by atoms with Crippen LogP contribution in [0.15, 0.2) is 12.1 Å². The molecule has 0 saturated carbocycles. The number of rotatable bonds is 4. The van der Waals surface area contributed by atoms with Crippen LogP contribution in [-0.2, 0) is 9.53 Å². The van der Waals surface area contributed by atoms with Crippen LogP contribution in [-0.4, -0.2) is 19.0 Å². The zero-order chi connectivity index (χ0) is 12.1. The summed E-state index contributed by atoms with van der Waals surface area (Å²) < 4.78 is 31.0. The largest absolute Gasteiger partial charge is 0.462 e. The van der Waals surface area contributed by atoms with Crippen LogP contribution in [0.3, 0.4) is 0 Å². The Labute approximate surface area is 90.2 Å². The molecule has 0 aliphatic carbocycles. The summed E-state index contributed by atoms with van der Waals surface area (Å²) in [7, 11) is 0. The Bertz CT molecular complexity index is 398. The van der Waals surface area contributed by atoms with Crippen LogP contribution < -0.4 is 5.32 Å². The third-order valence-corrected chi connectivity index (χ3v) is 1.76. The molecule has 0 atom stereocenters. The summed E-state index contributed by atoms with van der Waals surface area (Å²) in [5, 5.41) is 1.86. The van der Waals surface area contributed by atoms with Crippen LogP contribution in [0.4, 0.5) is 14.5 Å². The van der Waals surface area contributed by atoms with Crippen LogP contribution in [0.5, 0.6) is 0 Å². The number of hydrogen-bond acceptors (Lipinski definition) is 3. The molecule has 16 heavy (non-hydrogen) atoms. The molecule has 4 nitrogen and oxygen atoms in total. The molecule has 1 rings (SSSR count). The second kappa shape index (κ2) is 5.20. The van der Waals surface area contributed by atoms with E-state index >= 15 is 0 Å². The first-order chi connectivity index (χ1) is 7.60. The normalized spacial score (nSPS) is 9.69. The number of esters is 1. The van der Waals surface area contributed by atoms with Gasteiger partial charge >= 0.3 is 5.97 Å². The van der Waals surface area contributed by atoms with E-state index in [9.17, 15) is 18.4 Å². The lowest BCUT2D eigenvalue weighted by molar-refractivity contribution is -0.105. The third kappa shape index (κ3) is 2.53. The molecule has 1 aromatic rings. The van der Waals surface area contributed by atoms with Crippen molar-refractivity contribution in [2.45, 2.75) is 6.92 Å². The van der Waals surface area contributed by atoms with Gasteiger partial charge in [0.1, 0.15) is 5.69 Å². The molecule has 1 aromatic carbocycles. The first-order valence-electron chi connectivity index (χ1n) is 4.46. The number of benzene rings is 1. The number of carbonyl (C=O) groups excluding carboxylic acids is 2. The van der Waals surface area contributed by atoms with Gasteiger partial charge in [0.15, 0.2) is 11.6 Å². The van der Waals surface area contributed by atoms with Gasteiger partial charge in [0.25, 0.3) is 0 Å². The Balaban J connectivity index is 3.08. The van der Waals surface area contributed by atoms with E-state index < -0.39 is 23.3 Å². The number of carbonyl (C=O) groups is 2. The minimum absolute atomic E-state index is 0.108. The van der Waals surface area contributed by atoms with E-state index in [1.807, 2.05) is 5.32 Å². The van der Waals surface area contributed by atoms with Crippen molar-refractivity contribution in [2.24, 2.45) is 0 Å². The van der Waals surface area contributed by atoms with E-state index in [4.69, 9.17) is 0 Å². The van der Waals surface area contributed by atoms with Crippen molar-refractivity contribution in [3.8, 4) is 0 Å².